The number of piperazine rings is 1. The van der Waals surface area contributed by atoms with Crippen LogP contribution in [0.4, 0.5) is 0 Å². The molecule has 0 N–H and O–H groups in total. The van der Waals surface area contributed by atoms with Gasteiger partial charge in [-0.05, 0) is 39.6 Å². The Hall–Kier alpha value is -2.75. The van der Waals surface area contributed by atoms with E-state index in [4.69, 9.17) is 9.47 Å². The van der Waals surface area contributed by atoms with Crippen molar-refractivity contribution in [2.45, 2.75) is 12.6 Å². The van der Waals surface area contributed by atoms with Crippen molar-refractivity contribution in [3.63, 3.8) is 0 Å². The van der Waals surface area contributed by atoms with Gasteiger partial charge in [0.1, 0.15) is 0 Å². The van der Waals surface area contributed by atoms with Gasteiger partial charge in [-0.1, -0.05) is 18.2 Å². The Morgan fingerprint density at radius 3 is 2.61 bits per heavy atom. The lowest BCUT2D eigenvalue weighted by Gasteiger charge is -2.38. The minimum Gasteiger partial charge on any atom is -0.493 e. The van der Waals surface area contributed by atoms with Gasteiger partial charge >= 0.3 is 0 Å². The number of rotatable bonds is 9. The van der Waals surface area contributed by atoms with Gasteiger partial charge in [0.2, 0.25) is 0 Å². The summed E-state index contributed by atoms with van der Waals surface area (Å²) in [6, 6.07) is 10.1. The smallest absolute Gasteiger partial charge is 0.173 e. The first kappa shape index (κ1) is 21.5. The van der Waals surface area contributed by atoms with E-state index in [1.54, 1.807) is 25.6 Å². The zero-order valence-electron chi connectivity index (χ0n) is 18.0. The highest BCUT2D eigenvalue weighted by molar-refractivity contribution is 7.09. The molecule has 0 radical (unpaired) electrons. The van der Waals surface area contributed by atoms with E-state index in [2.05, 4.69) is 55.5 Å². The van der Waals surface area contributed by atoms with Crippen LogP contribution in [0.2, 0.25) is 0 Å². The van der Waals surface area contributed by atoms with Crippen LogP contribution in [0, 0.1) is 0 Å². The van der Waals surface area contributed by atoms with E-state index in [0.717, 1.165) is 44.1 Å². The Labute approximate surface area is 186 Å². The van der Waals surface area contributed by atoms with Crippen LogP contribution >= 0.6 is 11.3 Å². The highest BCUT2D eigenvalue weighted by Gasteiger charge is 2.31. The molecule has 0 spiro atoms. The average Bonchev–Trinajstić information content (AvgIpc) is 3.48. The first-order valence-electron chi connectivity index (χ1n) is 10.3. The van der Waals surface area contributed by atoms with Crippen LogP contribution in [0.25, 0.3) is 0 Å². The molecule has 1 aliphatic heterocycles. The minimum atomic E-state index is -0.0827. The fourth-order valence-electron chi connectivity index (χ4n) is 4.00. The summed E-state index contributed by atoms with van der Waals surface area (Å²) in [7, 11) is 3.31. The van der Waals surface area contributed by atoms with Crippen molar-refractivity contribution in [3.8, 4) is 11.5 Å². The van der Waals surface area contributed by atoms with Crippen LogP contribution < -0.4 is 9.47 Å². The molecule has 0 aliphatic carbocycles. The second kappa shape index (κ2) is 10.0. The number of thiophene rings is 1. The summed E-state index contributed by atoms with van der Waals surface area (Å²) < 4.78 is 12.9. The summed E-state index contributed by atoms with van der Waals surface area (Å²) in [4.78, 5) is 6.07. The number of nitrogens with zero attached hydrogens (tertiary/aromatic N) is 6. The van der Waals surface area contributed by atoms with Gasteiger partial charge in [-0.25, -0.2) is 4.68 Å². The lowest BCUT2D eigenvalue weighted by atomic mass is 10.0. The molecule has 164 valence electrons. The highest BCUT2D eigenvalue weighted by atomic mass is 32.1. The summed E-state index contributed by atoms with van der Waals surface area (Å²) in [5.41, 5.74) is 1.08. The normalized spacial score (nSPS) is 16.2. The molecule has 31 heavy (non-hydrogen) atoms. The maximum absolute atomic E-state index is 5.58. The molecule has 1 fully saturated rings. The van der Waals surface area contributed by atoms with Crippen LogP contribution in [0.15, 0.2) is 48.4 Å². The lowest BCUT2D eigenvalue weighted by molar-refractivity contribution is 0.112. The quantitative estimate of drug-likeness (QED) is 0.474. The summed E-state index contributed by atoms with van der Waals surface area (Å²) in [5.74, 6) is 2.24. The van der Waals surface area contributed by atoms with Crippen molar-refractivity contribution in [1.29, 1.82) is 0 Å². The van der Waals surface area contributed by atoms with Crippen molar-refractivity contribution in [1.82, 2.24) is 30.0 Å². The average molecular weight is 441 g/mol. The fraction of sp³-hybridized carbons (Fsp3) is 0.409. The number of ether oxygens (including phenoxy) is 2. The number of tetrazole rings is 1. The number of benzene rings is 1. The Morgan fingerprint density at radius 1 is 1.13 bits per heavy atom. The fourth-order valence-corrected chi connectivity index (χ4v) is 4.69. The predicted molar refractivity (Wildman–Crippen MR) is 121 cm³/mol. The molecule has 1 saturated heterocycles. The maximum atomic E-state index is 5.58. The van der Waals surface area contributed by atoms with E-state index in [1.807, 2.05) is 22.9 Å². The topological polar surface area (TPSA) is 68.5 Å². The number of aromatic nitrogens is 4. The Kier molecular flexibility index (Phi) is 6.96. The van der Waals surface area contributed by atoms with Crippen LogP contribution in [-0.2, 0) is 6.54 Å². The van der Waals surface area contributed by atoms with Crippen molar-refractivity contribution in [3.05, 3.63) is 64.6 Å². The minimum absolute atomic E-state index is 0.0827. The van der Waals surface area contributed by atoms with Crippen LogP contribution in [0.1, 0.15) is 22.3 Å². The van der Waals surface area contributed by atoms with Crippen LogP contribution in [0.3, 0.4) is 0 Å². The van der Waals surface area contributed by atoms with E-state index < -0.39 is 0 Å². The van der Waals surface area contributed by atoms with Crippen LogP contribution in [0.5, 0.6) is 11.5 Å². The number of methoxy groups -OCH3 is 2. The maximum Gasteiger partial charge on any atom is 0.173 e. The van der Waals surface area contributed by atoms with Gasteiger partial charge in [0.05, 0.1) is 26.8 Å². The van der Waals surface area contributed by atoms with E-state index in [-0.39, 0.29) is 6.04 Å². The van der Waals surface area contributed by atoms with Gasteiger partial charge in [-0.2, -0.15) is 0 Å². The molecular formula is C22H28N6O2S. The molecule has 3 heterocycles. The monoisotopic (exact) mass is 440 g/mol. The summed E-state index contributed by atoms with van der Waals surface area (Å²) in [6.07, 6.45) is 1.96. The number of hydrogen-bond donors (Lipinski definition) is 0. The van der Waals surface area contributed by atoms with Gasteiger partial charge in [0.15, 0.2) is 17.3 Å². The van der Waals surface area contributed by atoms with Gasteiger partial charge in [-0.3, -0.25) is 9.80 Å². The SMILES string of the molecule is C=CCN1CCN(C(c2ccc(OC)c(OC)c2)c2nnnn2Cc2cccs2)CC1. The molecule has 0 amide bonds. The largest absolute Gasteiger partial charge is 0.493 e. The molecule has 1 unspecified atom stereocenters. The first-order chi connectivity index (χ1) is 15.2. The van der Waals surface area contributed by atoms with Gasteiger partial charge in [-0.15, -0.1) is 23.0 Å². The second-order valence-electron chi connectivity index (χ2n) is 7.42. The number of hydrogen-bond acceptors (Lipinski definition) is 8. The van der Waals surface area contributed by atoms with E-state index in [0.29, 0.717) is 18.0 Å². The van der Waals surface area contributed by atoms with E-state index in [1.165, 1.54) is 4.88 Å². The Balaban J connectivity index is 1.69. The predicted octanol–water partition coefficient (Wildman–Crippen LogP) is 2.69. The first-order valence-corrected chi connectivity index (χ1v) is 11.2. The summed E-state index contributed by atoms with van der Waals surface area (Å²) in [6.45, 7) is 9.21. The van der Waals surface area contributed by atoms with Gasteiger partial charge in [0, 0.05) is 37.6 Å². The van der Waals surface area contributed by atoms with E-state index >= 15 is 0 Å². The molecule has 1 aliphatic rings. The third-order valence-corrected chi connectivity index (χ3v) is 6.43. The molecule has 1 aromatic carbocycles. The molecule has 1 atom stereocenters. The van der Waals surface area contributed by atoms with Crippen molar-refractivity contribution in [2.24, 2.45) is 0 Å². The Morgan fingerprint density at radius 2 is 1.94 bits per heavy atom. The highest BCUT2D eigenvalue weighted by Crippen LogP contribution is 2.35. The zero-order chi connectivity index (χ0) is 21.6. The summed E-state index contributed by atoms with van der Waals surface area (Å²) in [5, 5.41) is 14.9. The van der Waals surface area contributed by atoms with Crippen LogP contribution in [-0.4, -0.2) is 77.0 Å². The molecule has 0 bridgehead atoms. The van der Waals surface area contributed by atoms with Crippen molar-refractivity contribution < 1.29 is 9.47 Å². The molecular weight excluding hydrogens is 412 g/mol. The molecule has 9 heteroatoms. The zero-order valence-corrected chi connectivity index (χ0v) is 18.8. The molecule has 3 aromatic rings. The molecule has 0 saturated carbocycles. The third-order valence-electron chi connectivity index (χ3n) is 5.57. The molecule has 4 rings (SSSR count). The third kappa shape index (κ3) is 4.79. The lowest BCUT2D eigenvalue weighted by Crippen LogP contribution is -2.48. The second-order valence-corrected chi connectivity index (χ2v) is 8.45. The summed E-state index contributed by atoms with van der Waals surface area (Å²) >= 11 is 1.71. The van der Waals surface area contributed by atoms with Gasteiger partial charge < -0.3 is 9.47 Å². The molecule has 8 nitrogen and oxygen atoms in total. The van der Waals surface area contributed by atoms with Crippen molar-refractivity contribution >= 4 is 11.3 Å². The standard InChI is InChI=1S/C22H28N6O2S/c1-4-9-26-10-12-27(13-11-26)21(17-7-8-19(29-2)20(15-17)30-3)22-23-24-25-28(22)16-18-6-5-14-31-18/h4-8,14-15,21H,1,9-13,16H2,2-3H3. The molecule has 2 aromatic heterocycles. The van der Waals surface area contributed by atoms with Gasteiger partial charge in [0.25, 0.3) is 0 Å². The Bertz CT molecular complexity index is 982. The van der Waals surface area contributed by atoms with E-state index in [9.17, 15) is 0 Å². The van der Waals surface area contributed by atoms with Crippen molar-refractivity contribution in [2.75, 3.05) is 46.9 Å².